The minimum atomic E-state index is 0.235. The van der Waals surface area contributed by atoms with Gasteiger partial charge in [-0.3, -0.25) is 0 Å². The van der Waals surface area contributed by atoms with E-state index in [9.17, 15) is 0 Å². The fraction of sp³-hybridized carbons (Fsp3) is 0.500. The Labute approximate surface area is 123 Å². The number of fused-ring (bicyclic) bond motifs is 1. The quantitative estimate of drug-likeness (QED) is 0.809. The van der Waals surface area contributed by atoms with Gasteiger partial charge >= 0.3 is 0 Å². The SMILES string of the molecule is CCC(NC(C)c1cc2cc(Br)ccc2o1)C(C)C. The Kier molecular flexibility index (Phi) is 4.69. The van der Waals surface area contributed by atoms with Gasteiger partial charge in [-0.1, -0.05) is 36.7 Å². The van der Waals surface area contributed by atoms with Crippen LogP contribution in [0.4, 0.5) is 0 Å². The molecule has 0 aliphatic carbocycles. The maximum Gasteiger partial charge on any atom is 0.134 e. The second-order valence-electron chi connectivity index (χ2n) is 5.48. The molecule has 2 rings (SSSR count). The second kappa shape index (κ2) is 6.10. The molecule has 2 atom stereocenters. The van der Waals surface area contributed by atoms with Gasteiger partial charge in [0.2, 0.25) is 0 Å². The summed E-state index contributed by atoms with van der Waals surface area (Å²) in [4.78, 5) is 0. The van der Waals surface area contributed by atoms with E-state index in [1.165, 1.54) is 0 Å². The summed E-state index contributed by atoms with van der Waals surface area (Å²) in [7, 11) is 0. The zero-order valence-electron chi connectivity index (χ0n) is 12.0. The number of furan rings is 1. The zero-order valence-corrected chi connectivity index (χ0v) is 13.6. The Bertz CT molecular complexity index is 547. The number of nitrogens with one attached hydrogen (secondary N) is 1. The lowest BCUT2D eigenvalue weighted by molar-refractivity contribution is 0.332. The van der Waals surface area contributed by atoms with E-state index in [4.69, 9.17) is 4.42 Å². The molecule has 0 saturated heterocycles. The van der Waals surface area contributed by atoms with Crippen molar-refractivity contribution in [3.8, 4) is 0 Å². The van der Waals surface area contributed by atoms with Gasteiger partial charge in [0.25, 0.3) is 0 Å². The van der Waals surface area contributed by atoms with Crippen LogP contribution in [0.5, 0.6) is 0 Å². The Morgan fingerprint density at radius 2 is 1.95 bits per heavy atom. The number of hydrogen-bond donors (Lipinski definition) is 1. The first-order valence-corrected chi connectivity index (χ1v) is 7.75. The highest BCUT2D eigenvalue weighted by Crippen LogP contribution is 2.27. The Morgan fingerprint density at radius 3 is 2.58 bits per heavy atom. The highest BCUT2D eigenvalue weighted by atomic mass is 79.9. The predicted octanol–water partition coefficient (Wildman–Crippen LogP) is 5.28. The van der Waals surface area contributed by atoms with Crippen molar-refractivity contribution in [1.29, 1.82) is 0 Å². The van der Waals surface area contributed by atoms with Gasteiger partial charge in [0.15, 0.2) is 0 Å². The minimum Gasteiger partial charge on any atom is -0.459 e. The Hall–Kier alpha value is -0.800. The van der Waals surface area contributed by atoms with Gasteiger partial charge in [0.1, 0.15) is 11.3 Å². The molecule has 0 saturated carbocycles. The van der Waals surface area contributed by atoms with E-state index in [1.807, 2.05) is 12.1 Å². The van der Waals surface area contributed by atoms with Gasteiger partial charge in [0, 0.05) is 15.9 Å². The van der Waals surface area contributed by atoms with Gasteiger partial charge < -0.3 is 9.73 Å². The lowest BCUT2D eigenvalue weighted by Crippen LogP contribution is -2.34. The molecule has 0 radical (unpaired) electrons. The molecule has 0 aliphatic rings. The number of halogens is 1. The first kappa shape index (κ1) is 14.6. The van der Waals surface area contributed by atoms with Crippen molar-refractivity contribution < 1.29 is 4.42 Å². The number of rotatable bonds is 5. The maximum atomic E-state index is 5.93. The van der Waals surface area contributed by atoms with Crippen LogP contribution in [0, 0.1) is 5.92 Å². The summed E-state index contributed by atoms with van der Waals surface area (Å²) in [6, 6.07) is 9.00. The van der Waals surface area contributed by atoms with Crippen LogP contribution in [0.3, 0.4) is 0 Å². The third-order valence-corrected chi connectivity index (χ3v) is 4.13. The fourth-order valence-corrected chi connectivity index (χ4v) is 2.81. The number of benzene rings is 1. The molecule has 1 aromatic carbocycles. The van der Waals surface area contributed by atoms with Crippen LogP contribution in [0.2, 0.25) is 0 Å². The van der Waals surface area contributed by atoms with E-state index in [0.717, 1.165) is 27.6 Å². The van der Waals surface area contributed by atoms with E-state index < -0.39 is 0 Å². The summed E-state index contributed by atoms with van der Waals surface area (Å²) in [5.41, 5.74) is 0.949. The highest BCUT2D eigenvalue weighted by Gasteiger charge is 2.17. The van der Waals surface area contributed by atoms with Gasteiger partial charge in [-0.15, -0.1) is 0 Å². The smallest absolute Gasteiger partial charge is 0.134 e. The summed E-state index contributed by atoms with van der Waals surface area (Å²) in [5.74, 6) is 1.64. The van der Waals surface area contributed by atoms with Crippen LogP contribution >= 0.6 is 15.9 Å². The van der Waals surface area contributed by atoms with Crippen LogP contribution in [-0.2, 0) is 0 Å². The average molecular weight is 324 g/mol. The summed E-state index contributed by atoms with van der Waals surface area (Å²) in [6.07, 6.45) is 1.13. The second-order valence-corrected chi connectivity index (χ2v) is 6.39. The van der Waals surface area contributed by atoms with Crippen LogP contribution in [0.25, 0.3) is 11.0 Å². The van der Waals surface area contributed by atoms with Crippen molar-refractivity contribution in [2.24, 2.45) is 5.92 Å². The van der Waals surface area contributed by atoms with E-state index in [2.05, 4.69) is 61.1 Å². The van der Waals surface area contributed by atoms with E-state index in [0.29, 0.717) is 12.0 Å². The van der Waals surface area contributed by atoms with Crippen molar-refractivity contribution in [3.05, 3.63) is 34.5 Å². The molecular weight excluding hydrogens is 302 g/mol. The van der Waals surface area contributed by atoms with Crippen molar-refractivity contribution in [2.45, 2.75) is 46.2 Å². The molecule has 0 spiro atoms. The molecule has 0 amide bonds. The van der Waals surface area contributed by atoms with Gasteiger partial charge in [0.05, 0.1) is 6.04 Å². The third kappa shape index (κ3) is 3.40. The molecule has 104 valence electrons. The predicted molar refractivity (Wildman–Crippen MR) is 84.4 cm³/mol. The monoisotopic (exact) mass is 323 g/mol. The number of hydrogen-bond acceptors (Lipinski definition) is 2. The maximum absolute atomic E-state index is 5.93. The average Bonchev–Trinajstić information content (AvgIpc) is 2.78. The molecule has 1 heterocycles. The standard InChI is InChI=1S/C16H22BrNO/c1-5-14(10(2)3)18-11(4)16-9-12-8-13(17)6-7-15(12)19-16/h6-11,14,18H,5H2,1-4H3. The minimum absolute atomic E-state index is 0.235. The van der Waals surface area contributed by atoms with Crippen LogP contribution in [-0.4, -0.2) is 6.04 Å². The molecule has 3 heteroatoms. The van der Waals surface area contributed by atoms with Crippen LogP contribution < -0.4 is 5.32 Å². The molecule has 19 heavy (non-hydrogen) atoms. The first-order chi connectivity index (χ1) is 9.01. The van der Waals surface area contributed by atoms with Gasteiger partial charge in [-0.05, 0) is 43.5 Å². The van der Waals surface area contributed by atoms with Crippen LogP contribution in [0.1, 0.15) is 45.9 Å². The molecule has 2 unspecified atom stereocenters. The van der Waals surface area contributed by atoms with Crippen molar-refractivity contribution in [3.63, 3.8) is 0 Å². The summed E-state index contributed by atoms with van der Waals surface area (Å²) >= 11 is 3.49. The highest BCUT2D eigenvalue weighted by molar-refractivity contribution is 9.10. The van der Waals surface area contributed by atoms with E-state index in [-0.39, 0.29) is 6.04 Å². The molecule has 1 aromatic heterocycles. The normalized spacial score (nSPS) is 15.1. The summed E-state index contributed by atoms with van der Waals surface area (Å²) in [6.45, 7) is 8.89. The van der Waals surface area contributed by atoms with Crippen molar-refractivity contribution in [1.82, 2.24) is 5.32 Å². The zero-order chi connectivity index (χ0) is 14.0. The van der Waals surface area contributed by atoms with E-state index in [1.54, 1.807) is 0 Å². The first-order valence-electron chi connectivity index (χ1n) is 6.96. The molecule has 0 bridgehead atoms. The molecule has 0 aliphatic heterocycles. The molecular formula is C16H22BrNO. The summed E-state index contributed by atoms with van der Waals surface area (Å²) < 4.78 is 7.01. The largest absolute Gasteiger partial charge is 0.459 e. The summed E-state index contributed by atoms with van der Waals surface area (Å²) in [5, 5.41) is 4.80. The topological polar surface area (TPSA) is 25.2 Å². The lowest BCUT2D eigenvalue weighted by atomic mass is 10.0. The molecule has 1 N–H and O–H groups in total. The fourth-order valence-electron chi connectivity index (χ4n) is 2.43. The molecule has 0 fully saturated rings. The van der Waals surface area contributed by atoms with Crippen LogP contribution in [0.15, 0.2) is 33.2 Å². The van der Waals surface area contributed by atoms with Crippen molar-refractivity contribution in [2.75, 3.05) is 0 Å². The Balaban J connectivity index is 2.19. The van der Waals surface area contributed by atoms with Gasteiger partial charge in [-0.25, -0.2) is 0 Å². The lowest BCUT2D eigenvalue weighted by Gasteiger charge is -2.24. The third-order valence-electron chi connectivity index (χ3n) is 3.63. The van der Waals surface area contributed by atoms with Gasteiger partial charge in [-0.2, -0.15) is 0 Å². The van der Waals surface area contributed by atoms with E-state index >= 15 is 0 Å². The van der Waals surface area contributed by atoms with Crippen molar-refractivity contribution >= 4 is 26.9 Å². The molecule has 2 aromatic rings. The molecule has 2 nitrogen and oxygen atoms in total. The Morgan fingerprint density at radius 1 is 1.21 bits per heavy atom.